The van der Waals surface area contributed by atoms with Crippen LogP contribution in [0.2, 0.25) is 0 Å². The van der Waals surface area contributed by atoms with Crippen LogP contribution in [-0.2, 0) is 16.1 Å². The van der Waals surface area contributed by atoms with Crippen LogP contribution in [0.5, 0.6) is 0 Å². The van der Waals surface area contributed by atoms with Gasteiger partial charge in [0.1, 0.15) is 6.61 Å². The highest BCUT2D eigenvalue weighted by molar-refractivity contribution is 5.13. The zero-order chi connectivity index (χ0) is 11.5. The van der Waals surface area contributed by atoms with Crippen LogP contribution in [0.4, 0.5) is 0 Å². The van der Waals surface area contributed by atoms with Crippen LogP contribution in [0.1, 0.15) is 18.4 Å². The van der Waals surface area contributed by atoms with E-state index in [9.17, 15) is 0 Å². The molecule has 0 saturated heterocycles. The summed E-state index contributed by atoms with van der Waals surface area (Å²) < 4.78 is 10.7. The van der Waals surface area contributed by atoms with E-state index in [0.717, 1.165) is 26.1 Å². The van der Waals surface area contributed by atoms with E-state index in [1.807, 2.05) is 18.2 Å². The Balaban J connectivity index is 1.91. The summed E-state index contributed by atoms with van der Waals surface area (Å²) in [6, 6.07) is 10.2. The summed E-state index contributed by atoms with van der Waals surface area (Å²) in [5.41, 5.74) is 1.21. The third kappa shape index (κ3) is 6.23. The van der Waals surface area contributed by atoms with E-state index in [-0.39, 0.29) is 0 Å². The van der Waals surface area contributed by atoms with Gasteiger partial charge in [-0.1, -0.05) is 36.3 Å². The fourth-order valence-corrected chi connectivity index (χ4v) is 1.30. The van der Waals surface area contributed by atoms with Gasteiger partial charge >= 0.3 is 0 Å². The topological polar surface area (TPSA) is 18.5 Å². The third-order valence-electron chi connectivity index (χ3n) is 2.12. The van der Waals surface area contributed by atoms with Gasteiger partial charge in [0.15, 0.2) is 0 Å². The Bertz CT molecular complexity index is 300. The van der Waals surface area contributed by atoms with Gasteiger partial charge < -0.3 is 9.47 Å². The Morgan fingerprint density at radius 2 is 1.69 bits per heavy atom. The molecule has 0 bridgehead atoms. The lowest BCUT2D eigenvalue weighted by molar-refractivity contribution is 0.104. The molecule has 0 N–H and O–H groups in total. The molecule has 0 atom stereocenters. The quantitative estimate of drug-likeness (QED) is 0.493. The maximum atomic E-state index is 5.53. The third-order valence-corrected chi connectivity index (χ3v) is 2.12. The average Bonchev–Trinajstić information content (AvgIpc) is 2.34. The van der Waals surface area contributed by atoms with Crippen molar-refractivity contribution in [2.24, 2.45) is 0 Å². The molecule has 0 amide bonds. The summed E-state index contributed by atoms with van der Waals surface area (Å²) in [6.07, 6.45) is 7.06. The van der Waals surface area contributed by atoms with E-state index in [4.69, 9.17) is 15.9 Å². The summed E-state index contributed by atoms with van der Waals surface area (Å²) in [5, 5.41) is 0. The first-order valence-corrected chi connectivity index (χ1v) is 5.56. The second-order valence-corrected chi connectivity index (χ2v) is 3.50. The summed E-state index contributed by atoms with van der Waals surface area (Å²) >= 11 is 0. The monoisotopic (exact) mass is 218 g/mol. The smallest absolute Gasteiger partial charge is 0.107 e. The molecule has 1 rings (SSSR count). The normalized spacial score (nSPS) is 9.94. The molecule has 0 fully saturated rings. The van der Waals surface area contributed by atoms with Crippen molar-refractivity contribution in [2.75, 3.05) is 19.8 Å². The number of benzene rings is 1. The molecule has 0 saturated carbocycles. The molecule has 2 heteroatoms. The molecule has 16 heavy (non-hydrogen) atoms. The average molecular weight is 218 g/mol. The number of terminal acetylenes is 1. The highest BCUT2D eigenvalue weighted by Crippen LogP contribution is 2.01. The van der Waals surface area contributed by atoms with Crippen LogP contribution >= 0.6 is 0 Å². The Morgan fingerprint density at radius 1 is 1.00 bits per heavy atom. The lowest BCUT2D eigenvalue weighted by Gasteiger charge is -2.04. The zero-order valence-corrected chi connectivity index (χ0v) is 9.52. The Labute approximate surface area is 97.6 Å². The molecule has 1 aromatic rings. The van der Waals surface area contributed by atoms with Crippen molar-refractivity contribution in [2.45, 2.75) is 19.4 Å². The maximum absolute atomic E-state index is 5.53. The zero-order valence-electron chi connectivity index (χ0n) is 9.52. The summed E-state index contributed by atoms with van der Waals surface area (Å²) in [5.74, 6) is 2.44. The number of hydrogen-bond acceptors (Lipinski definition) is 2. The molecule has 2 nitrogen and oxygen atoms in total. The minimum absolute atomic E-state index is 0.408. The van der Waals surface area contributed by atoms with Crippen LogP contribution in [0.3, 0.4) is 0 Å². The molecule has 0 unspecified atom stereocenters. The van der Waals surface area contributed by atoms with Crippen molar-refractivity contribution in [1.29, 1.82) is 0 Å². The standard InChI is InChI=1S/C14H18O2/c1-2-10-15-11-6-7-12-16-13-14-8-4-3-5-9-14/h1,3-5,8-9H,6-7,10-13H2. The lowest BCUT2D eigenvalue weighted by Crippen LogP contribution is -1.99. The fraction of sp³-hybridized carbons (Fsp3) is 0.429. The second kappa shape index (κ2) is 8.96. The van der Waals surface area contributed by atoms with Crippen LogP contribution in [0, 0.1) is 12.3 Å². The van der Waals surface area contributed by atoms with Crippen molar-refractivity contribution in [3.8, 4) is 12.3 Å². The van der Waals surface area contributed by atoms with Crippen LogP contribution < -0.4 is 0 Å². The summed E-state index contributed by atoms with van der Waals surface area (Å²) in [6.45, 7) is 2.59. The Hall–Kier alpha value is -1.30. The maximum Gasteiger partial charge on any atom is 0.107 e. The fourth-order valence-electron chi connectivity index (χ4n) is 1.30. The van der Waals surface area contributed by atoms with Crippen molar-refractivity contribution in [3.63, 3.8) is 0 Å². The molecular weight excluding hydrogens is 200 g/mol. The van der Waals surface area contributed by atoms with Gasteiger partial charge in [-0.15, -0.1) is 6.42 Å². The number of hydrogen-bond donors (Lipinski definition) is 0. The van der Waals surface area contributed by atoms with Crippen molar-refractivity contribution < 1.29 is 9.47 Å². The predicted molar refractivity (Wildman–Crippen MR) is 65.0 cm³/mol. The van der Waals surface area contributed by atoms with Crippen LogP contribution in [0.15, 0.2) is 30.3 Å². The van der Waals surface area contributed by atoms with Gasteiger partial charge in [-0.05, 0) is 18.4 Å². The van der Waals surface area contributed by atoms with E-state index in [1.165, 1.54) is 5.56 Å². The van der Waals surface area contributed by atoms with Crippen molar-refractivity contribution in [3.05, 3.63) is 35.9 Å². The van der Waals surface area contributed by atoms with Gasteiger partial charge in [0, 0.05) is 13.2 Å². The lowest BCUT2D eigenvalue weighted by atomic mass is 10.2. The Kier molecular flexibility index (Phi) is 7.15. The van der Waals surface area contributed by atoms with Gasteiger partial charge in [-0.25, -0.2) is 0 Å². The first-order valence-electron chi connectivity index (χ1n) is 5.56. The van der Waals surface area contributed by atoms with E-state index in [2.05, 4.69) is 18.1 Å². The van der Waals surface area contributed by atoms with E-state index in [0.29, 0.717) is 13.2 Å². The summed E-state index contributed by atoms with van der Waals surface area (Å²) in [7, 11) is 0. The highest BCUT2D eigenvalue weighted by atomic mass is 16.5. The number of rotatable bonds is 8. The van der Waals surface area contributed by atoms with Gasteiger partial charge in [-0.2, -0.15) is 0 Å². The van der Waals surface area contributed by atoms with Gasteiger partial charge in [-0.3, -0.25) is 0 Å². The highest BCUT2D eigenvalue weighted by Gasteiger charge is 1.92. The molecule has 0 heterocycles. The van der Waals surface area contributed by atoms with Gasteiger partial charge in [0.05, 0.1) is 6.61 Å². The Morgan fingerprint density at radius 3 is 2.38 bits per heavy atom. The predicted octanol–water partition coefficient (Wildman–Crippen LogP) is 2.63. The SMILES string of the molecule is C#CCOCCCCOCc1ccccc1. The molecule has 0 aliphatic rings. The van der Waals surface area contributed by atoms with Crippen LogP contribution in [-0.4, -0.2) is 19.8 Å². The number of unbranched alkanes of at least 4 members (excludes halogenated alkanes) is 1. The summed E-state index contributed by atoms with van der Waals surface area (Å²) in [4.78, 5) is 0. The molecule has 1 aromatic carbocycles. The van der Waals surface area contributed by atoms with Gasteiger partial charge in [0.2, 0.25) is 0 Å². The molecule has 0 aliphatic heterocycles. The first-order chi connectivity index (χ1) is 7.93. The first kappa shape index (κ1) is 12.8. The molecular formula is C14H18O2. The van der Waals surface area contributed by atoms with Crippen molar-refractivity contribution in [1.82, 2.24) is 0 Å². The van der Waals surface area contributed by atoms with Gasteiger partial charge in [0.25, 0.3) is 0 Å². The van der Waals surface area contributed by atoms with E-state index < -0.39 is 0 Å². The van der Waals surface area contributed by atoms with Crippen molar-refractivity contribution >= 4 is 0 Å². The number of ether oxygens (including phenoxy) is 2. The second-order valence-electron chi connectivity index (χ2n) is 3.50. The minimum Gasteiger partial charge on any atom is -0.377 e. The molecule has 86 valence electrons. The van der Waals surface area contributed by atoms with Crippen LogP contribution in [0.25, 0.3) is 0 Å². The molecule has 0 aliphatic carbocycles. The largest absolute Gasteiger partial charge is 0.377 e. The molecule has 0 spiro atoms. The minimum atomic E-state index is 0.408. The molecule has 0 radical (unpaired) electrons. The van der Waals surface area contributed by atoms with E-state index in [1.54, 1.807) is 0 Å². The van der Waals surface area contributed by atoms with E-state index >= 15 is 0 Å². The molecule has 0 aromatic heterocycles.